The number of benzene rings is 2. The molecule has 1 amide bonds. The van der Waals surface area contributed by atoms with Crippen molar-refractivity contribution in [3.63, 3.8) is 0 Å². The molecule has 0 fully saturated rings. The van der Waals surface area contributed by atoms with E-state index in [0.29, 0.717) is 38.1 Å². The van der Waals surface area contributed by atoms with Gasteiger partial charge in [0.25, 0.3) is 0 Å². The number of fused-ring (bicyclic) bond motifs is 3. The Labute approximate surface area is 203 Å². The number of unbranched alkanes of at least 4 members (excludes halogenated alkanes) is 1. The van der Waals surface area contributed by atoms with Gasteiger partial charge in [0, 0.05) is 24.6 Å². The molecule has 180 valence electrons. The lowest BCUT2D eigenvalue weighted by Gasteiger charge is -2.10. The van der Waals surface area contributed by atoms with Crippen molar-refractivity contribution in [2.24, 2.45) is 0 Å². The summed E-state index contributed by atoms with van der Waals surface area (Å²) in [5.74, 6) is -0.210. The number of rotatable bonds is 10. The molecule has 35 heavy (non-hydrogen) atoms. The van der Waals surface area contributed by atoms with E-state index in [2.05, 4.69) is 15.0 Å². The lowest BCUT2D eigenvalue weighted by molar-refractivity contribution is -0.140. The molecule has 1 aromatic heterocycles. The number of carbonyl (C=O) groups is 2. The predicted molar refractivity (Wildman–Crippen MR) is 132 cm³/mol. The molecule has 0 saturated carbocycles. The van der Waals surface area contributed by atoms with Crippen molar-refractivity contribution in [2.45, 2.75) is 25.7 Å². The number of carbonyl (C=O) groups excluding carboxylic acids is 2. The van der Waals surface area contributed by atoms with Gasteiger partial charge in [0.2, 0.25) is 11.8 Å². The predicted octanol–water partition coefficient (Wildman–Crippen LogP) is 5.02. The minimum atomic E-state index is -0.286. The minimum absolute atomic E-state index is 0.0944. The van der Waals surface area contributed by atoms with Crippen LogP contribution in [0.2, 0.25) is 0 Å². The van der Waals surface area contributed by atoms with Crippen LogP contribution in [0.3, 0.4) is 0 Å². The highest BCUT2D eigenvalue weighted by Gasteiger charge is 2.24. The van der Waals surface area contributed by atoms with Crippen molar-refractivity contribution in [1.82, 2.24) is 10.3 Å². The number of nitrogens with zero attached hydrogens (tertiary/aromatic N) is 1. The Kier molecular flexibility index (Phi) is 7.88. The molecule has 0 unspecified atom stereocenters. The molecule has 0 atom stereocenters. The van der Waals surface area contributed by atoms with E-state index in [1.165, 1.54) is 13.2 Å². The molecule has 0 spiro atoms. The second-order valence-corrected chi connectivity index (χ2v) is 8.17. The van der Waals surface area contributed by atoms with Gasteiger partial charge in [0.05, 0.1) is 13.7 Å². The van der Waals surface area contributed by atoms with Crippen LogP contribution in [0.1, 0.15) is 42.4 Å². The number of amides is 1. The van der Waals surface area contributed by atoms with Crippen LogP contribution in [-0.4, -0.2) is 37.1 Å². The quantitative estimate of drug-likeness (QED) is 0.258. The molecule has 0 aliphatic heterocycles. The number of esters is 1. The Morgan fingerprint density at radius 3 is 2.57 bits per heavy atom. The monoisotopic (exact) mass is 474 g/mol. The molecule has 1 N–H and O–H groups in total. The summed E-state index contributed by atoms with van der Waals surface area (Å²) < 4.78 is 24.5. The van der Waals surface area contributed by atoms with Crippen LogP contribution in [0.25, 0.3) is 22.8 Å². The highest BCUT2D eigenvalue weighted by atomic mass is 19.1. The second-order valence-electron chi connectivity index (χ2n) is 8.17. The number of ether oxygens (including phenoxy) is 2. The van der Waals surface area contributed by atoms with E-state index in [9.17, 15) is 14.0 Å². The second kappa shape index (κ2) is 11.4. The Morgan fingerprint density at radius 2 is 1.74 bits per heavy atom. The van der Waals surface area contributed by atoms with Crippen LogP contribution < -0.4 is 10.1 Å². The smallest absolute Gasteiger partial charge is 0.305 e. The molecule has 2 aromatic carbocycles. The summed E-state index contributed by atoms with van der Waals surface area (Å²) in [6.07, 6.45) is 5.49. The highest BCUT2D eigenvalue weighted by molar-refractivity contribution is 6.06. The third kappa shape index (κ3) is 5.93. The fraction of sp³-hybridized carbons (Fsp3) is 0.250. The SMILES string of the molecule is COC(=O)CCCCC(=O)NCCOc1ncccc1C=C1c2ccccc2-c2ccc(F)cc21. The van der Waals surface area contributed by atoms with Crippen molar-refractivity contribution in [2.75, 3.05) is 20.3 Å². The highest BCUT2D eigenvalue weighted by Crippen LogP contribution is 2.45. The van der Waals surface area contributed by atoms with Gasteiger partial charge in [-0.15, -0.1) is 0 Å². The van der Waals surface area contributed by atoms with Gasteiger partial charge in [-0.25, -0.2) is 9.37 Å². The number of nitrogens with one attached hydrogen (secondary N) is 1. The van der Waals surface area contributed by atoms with Crippen LogP contribution in [0, 0.1) is 5.82 Å². The van der Waals surface area contributed by atoms with Gasteiger partial charge in [-0.2, -0.15) is 0 Å². The van der Waals surface area contributed by atoms with E-state index in [0.717, 1.165) is 33.4 Å². The molecule has 0 radical (unpaired) electrons. The van der Waals surface area contributed by atoms with Gasteiger partial charge in [0.1, 0.15) is 12.4 Å². The van der Waals surface area contributed by atoms with Crippen molar-refractivity contribution in [3.8, 4) is 17.0 Å². The first-order valence-electron chi connectivity index (χ1n) is 11.6. The van der Waals surface area contributed by atoms with Gasteiger partial charge in [0.15, 0.2) is 0 Å². The molecular formula is C28H27FN2O4. The molecule has 1 aliphatic rings. The molecule has 6 nitrogen and oxygen atoms in total. The normalized spacial score (nSPS) is 12.7. The topological polar surface area (TPSA) is 77.5 Å². The summed E-state index contributed by atoms with van der Waals surface area (Å²) in [5.41, 5.74) is 5.60. The molecule has 3 aromatic rings. The average molecular weight is 475 g/mol. The van der Waals surface area contributed by atoms with Gasteiger partial charge in [-0.05, 0) is 71.0 Å². The lowest BCUT2D eigenvalue weighted by Crippen LogP contribution is -2.28. The van der Waals surface area contributed by atoms with E-state index in [1.54, 1.807) is 12.3 Å². The Balaban J connectivity index is 1.39. The Hall–Kier alpha value is -4.00. The number of pyridine rings is 1. The molecule has 7 heteroatoms. The van der Waals surface area contributed by atoms with Crippen LogP contribution in [0.5, 0.6) is 5.88 Å². The number of methoxy groups -OCH3 is 1. The van der Waals surface area contributed by atoms with Crippen LogP contribution in [0.4, 0.5) is 4.39 Å². The fourth-order valence-electron chi connectivity index (χ4n) is 4.10. The zero-order valence-electron chi connectivity index (χ0n) is 19.6. The van der Waals surface area contributed by atoms with E-state index < -0.39 is 0 Å². The Morgan fingerprint density at radius 1 is 0.971 bits per heavy atom. The van der Waals surface area contributed by atoms with E-state index >= 15 is 0 Å². The maximum Gasteiger partial charge on any atom is 0.305 e. The lowest BCUT2D eigenvalue weighted by atomic mass is 10.0. The molecule has 1 heterocycles. The van der Waals surface area contributed by atoms with Crippen molar-refractivity contribution >= 4 is 23.5 Å². The van der Waals surface area contributed by atoms with E-state index in [1.807, 2.05) is 48.5 Å². The fourth-order valence-corrected chi connectivity index (χ4v) is 4.10. The van der Waals surface area contributed by atoms with Gasteiger partial charge < -0.3 is 14.8 Å². The first-order chi connectivity index (χ1) is 17.1. The average Bonchev–Trinajstić information content (AvgIpc) is 3.17. The first-order valence-corrected chi connectivity index (χ1v) is 11.6. The molecule has 0 saturated heterocycles. The summed E-state index contributed by atoms with van der Waals surface area (Å²) in [7, 11) is 1.35. The third-order valence-corrected chi connectivity index (χ3v) is 5.81. The number of aromatic nitrogens is 1. The first kappa shape index (κ1) is 24.1. The van der Waals surface area contributed by atoms with Crippen molar-refractivity contribution in [1.29, 1.82) is 0 Å². The minimum Gasteiger partial charge on any atom is -0.475 e. The number of hydrogen-bond acceptors (Lipinski definition) is 5. The summed E-state index contributed by atoms with van der Waals surface area (Å²) in [5, 5.41) is 2.81. The van der Waals surface area contributed by atoms with Crippen molar-refractivity contribution in [3.05, 3.63) is 83.3 Å². The van der Waals surface area contributed by atoms with Gasteiger partial charge in [-0.1, -0.05) is 30.3 Å². The Bertz CT molecular complexity index is 1260. The zero-order valence-corrected chi connectivity index (χ0v) is 19.6. The van der Waals surface area contributed by atoms with E-state index in [4.69, 9.17) is 4.74 Å². The standard InChI is InChI=1S/C28H27FN2O4/c1-34-27(33)11-5-4-10-26(32)30-15-16-35-28-19(7-6-14-31-28)17-24-22-9-3-2-8-21(22)23-13-12-20(29)18-25(23)24/h2-3,6-9,12-14,17-18H,4-5,10-11,15-16H2,1H3,(H,30,32). The maximum absolute atomic E-state index is 14.1. The number of hydrogen-bond donors (Lipinski definition) is 1. The summed E-state index contributed by atoms with van der Waals surface area (Å²) >= 11 is 0. The van der Waals surface area contributed by atoms with Gasteiger partial charge in [-0.3, -0.25) is 9.59 Å². The zero-order chi connectivity index (χ0) is 24.6. The molecule has 0 bridgehead atoms. The van der Waals surface area contributed by atoms with Crippen LogP contribution >= 0.6 is 0 Å². The summed E-state index contributed by atoms with van der Waals surface area (Å²) in [6.45, 7) is 0.586. The maximum atomic E-state index is 14.1. The molecule has 1 aliphatic carbocycles. The van der Waals surface area contributed by atoms with Crippen LogP contribution in [0.15, 0.2) is 60.8 Å². The van der Waals surface area contributed by atoms with E-state index in [-0.39, 0.29) is 24.3 Å². The molecular weight excluding hydrogens is 447 g/mol. The van der Waals surface area contributed by atoms with Crippen LogP contribution in [-0.2, 0) is 14.3 Å². The van der Waals surface area contributed by atoms with Crippen molar-refractivity contribution < 1.29 is 23.5 Å². The largest absolute Gasteiger partial charge is 0.475 e. The molecule has 4 rings (SSSR count). The number of halogens is 1. The summed E-state index contributed by atoms with van der Waals surface area (Å²) in [6, 6.07) is 16.6. The summed E-state index contributed by atoms with van der Waals surface area (Å²) in [4.78, 5) is 27.5. The third-order valence-electron chi connectivity index (χ3n) is 5.81. The van der Waals surface area contributed by atoms with Gasteiger partial charge >= 0.3 is 5.97 Å².